The minimum absolute atomic E-state index is 0.330. The molecule has 0 aromatic carbocycles. The highest BCUT2D eigenvalue weighted by Gasteiger charge is 2.23. The van der Waals surface area contributed by atoms with E-state index in [9.17, 15) is 4.79 Å². The lowest BCUT2D eigenvalue weighted by molar-refractivity contribution is -0.132. The van der Waals surface area contributed by atoms with Gasteiger partial charge < -0.3 is 10.6 Å². The SMILES string of the molecule is CC(CCN)CCC(=O)N1CCSCC1C. The van der Waals surface area contributed by atoms with Crippen LogP contribution in [0.25, 0.3) is 0 Å². The van der Waals surface area contributed by atoms with Crippen LogP contribution in [0.3, 0.4) is 0 Å². The molecule has 1 aliphatic rings. The van der Waals surface area contributed by atoms with Gasteiger partial charge in [-0.3, -0.25) is 4.79 Å². The van der Waals surface area contributed by atoms with Crippen molar-refractivity contribution in [2.45, 2.75) is 39.2 Å². The highest BCUT2D eigenvalue weighted by molar-refractivity contribution is 7.99. The number of rotatable bonds is 5. The fraction of sp³-hybridized carbons (Fsp3) is 0.917. The normalized spacial score (nSPS) is 23.2. The molecule has 0 spiro atoms. The van der Waals surface area contributed by atoms with Crippen LogP contribution in [0.4, 0.5) is 0 Å². The molecule has 3 nitrogen and oxygen atoms in total. The molecule has 1 saturated heterocycles. The standard InChI is InChI=1S/C12H24N2OS/c1-10(5-6-13)3-4-12(15)14-7-8-16-9-11(14)2/h10-11H,3-9,13H2,1-2H3. The molecule has 1 heterocycles. The van der Waals surface area contributed by atoms with Crippen LogP contribution in [0, 0.1) is 5.92 Å². The van der Waals surface area contributed by atoms with Crippen LogP contribution in [0.2, 0.25) is 0 Å². The molecule has 1 amide bonds. The van der Waals surface area contributed by atoms with Crippen LogP contribution >= 0.6 is 11.8 Å². The molecular weight excluding hydrogens is 220 g/mol. The Balaban J connectivity index is 2.28. The van der Waals surface area contributed by atoms with Crippen LogP contribution in [-0.4, -0.2) is 41.4 Å². The lowest BCUT2D eigenvalue weighted by Gasteiger charge is -2.33. The van der Waals surface area contributed by atoms with Crippen molar-refractivity contribution in [2.24, 2.45) is 11.7 Å². The third-order valence-electron chi connectivity index (χ3n) is 3.20. The zero-order chi connectivity index (χ0) is 12.0. The van der Waals surface area contributed by atoms with E-state index in [-0.39, 0.29) is 0 Å². The van der Waals surface area contributed by atoms with Crippen molar-refractivity contribution in [2.75, 3.05) is 24.6 Å². The molecule has 0 aromatic rings. The van der Waals surface area contributed by atoms with E-state index in [2.05, 4.69) is 13.8 Å². The van der Waals surface area contributed by atoms with Crippen molar-refractivity contribution in [3.63, 3.8) is 0 Å². The van der Waals surface area contributed by atoms with Crippen molar-refractivity contribution in [1.29, 1.82) is 0 Å². The first-order valence-corrected chi connectivity index (χ1v) is 7.38. The van der Waals surface area contributed by atoms with Gasteiger partial charge in [-0.25, -0.2) is 0 Å². The molecule has 1 rings (SSSR count). The third kappa shape index (κ3) is 4.34. The summed E-state index contributed by atoms with van der Waals surface area (Å²) in [6.07, 6.45) is 2.70. The maximum absolute atomic E-state index is 12.0. The lowest BCUT2D eigenvalue weighted by atomic mass is 10.0. The van der Waals surface area contributed by atoms with Crippen LogP contribution in [0.1, 0.15) is 33.1 Å². The Bertz CT molecular complexity index is 223. The van der Waals surface area contributed by atoms with Crippen LogP contribution in [0.5, 0.6) is 0 Å². The molecule has 2 unspecified atom stereocenters. The number of nitrogens with zero attached hydrogens (tertiary/aromatic N) is 1. The molecule has 2 atom stereocenters. The predicted molar refractivity (Wildman–Crippen MR) is 70.6 cm³/mol. The monoisotopic (exact) mass is 244 g/mol. The number of thioether (sulfide) groups is 1. The van der Waals surface area contributed by atoms with E-state index in [1.54, 1.807) is 0 Å². The highest BCUT2D eigenvalue weighted by Crippen LogP contribution is 2.18. The van der Waals surface area contributed by atoms with Gasteiger partial charge in [0.1, 0.15) is 0 Å². The Morgan fingerprint density at radius 3 is 2.94 bits per heavy atom. The summed E-state index contributed by atoms with van der Waals surface area (Å²) >= 11 is 1.95. The number of amides is 1. The summed E-state index contributed by atoms with van der Waals surface area (Å²) in [6.45, 7) is 5.98. The van der Waals surface area contributed by atoms with Gasteiger partial charge >= 0.3 is 0 Å². The molecule has 0 radical (unpaired) electrons. The largest absolute Gasteiger partial charge is 0.338 e. The molecule has 4 heteroatoms. The summed E-state index contributed by atoms with van der Waals surface area (Å²) in [5.41, 5.74) is 5.50. The van der Waals surface area contributed by atoms with Crippen molar-refractivity contribution in [3.05, 3.63) is 0 Å². The maximum atomic E-state index is 12.0. The fourth-order valence-corrected chi connectivity index (χ4v) is 3.05. The summed E-state index contributed by atoms with van der Waals surface area (Å²) < 4.78 is 0. The van der Waals surface area contributed by atoms with E-state index in [1.807, 2.05) is 16.7 Å². The fourth-order valence-electron chi connectivity index (χ4n) is 2.04. The lowest BCUT2D eigenvalue weighted by Crippen LogP contribution is -2.44. The van der Waals surface area contributed by atoms with E-state index in [4.69, 9.17) is 5.73 Å². The number of hydrogen-bond acceptors (Lipinski definition) is 3. The first-order chi connectivity index (χ1) is 7.65. The van der Waals surface area contributed by atoms with E-state index in [0.29, 0.717) is 24.3 Å². The minimum Gasteiger partial charge on any atom is -0.338 e. The first-order valence-electron chi connectivity index (χ1n) is 6.22. The molecule has 94 valence electrons. The predicted octanol–water partition coefficient (Wildman–Crippen LogP) is 1.72. The van der Waals surface area contributed by atoms with Gasteiger partial charge in [0, 0.05) is 30.5 Å². The van der Waals surface area contributed by atoms with E-state index in [1.165, 1.54) is 0 Å². The van der Waals surface area contributed by atoms with Gasteiger partial charge in [0.2, 0.25) is 5.91 Å². The molecule has 1 aliphatic heterocycles. The van der Waals surface area contributed by atoms with Crippen molar-refractivity contribution < 1.29 is 4.79 Å². The van der Waals surface area contributed by atoms with Crippen LogP contribution in [0.15, 0.2) is 0 Å². The van der Waals surface area contributed by atoms with Gasteiger partial charge in [-0.15, -0.1) is 0 Å². The van der Waals surface area contributed by atoms with Crippen molar-refractivity contribution in [1.82, 2.24) is 4.90 Å². The molecule has 0 aromatic heterocycles. The van der Waals surface area contributed by atoms with Gasteiger partial charge in [-0.2, -0.15) is 11.8 Å². The highest BCUT2D eigenvalue weighted by atomic mass is 32.2. The molecule has 0 bridgehead atoms. The topological polar surface area (TPSA) is 46.3 Å². The number of carbonyl (C=O) groups excluding carboxylic acids is 1. The third-order valence-corrected chi connectivity index (χ3v) is 4.39. The summed E-state index contributed by atoms with van der Waals surface area (Å²) in [6, 6.07) is 0.413. The number of hydrogen-bond donors (Lipinski definition) is 1. The second-order valence-corrected chi connectivity index (χ2v) is 5.88. The van der Waals surface area contributed by atoms with Crippen molar-refractivity contribution in [3.8, 4) is 0 Å². The van der Waals surface area contributed by atoms with Crippen LogP contribution < -0.4 is 5.73 Å². The summed E-state index contributed by atoms with van der Waals surface area (Å²) in [7, 11) is 0. The Morgan fingerprint density at radius 2 is 2.31 bits per heavy atom. The average Bonchev–Trinajstić information content (AvgIpc) is 2.27. The van der Waals surface area contributed by atoms with E-state index in [0.717, 1.165) is 37.4 Å². The van der Waals surface area contributed by atoms with Gasteiger partial charge in [0.05, 0.1) is 0 Å². The quantitative estimate of drug-likeness (QED) is 0.801. The smallest absolute Gasteiger partial charge is 0.222 e. The Hall–Kier alpha value is -0.220. The molecular formula is C12H24N2OS. The molecule has 1 fully saturated rings. The van der Waals surface area contributed by atoms with E-state index < -0.39 is 0 Å². The number of carbonyl (C=O) groups is 1. The van der Waals surface area contributed by atoms with Crippen LogP contribution in [-0.2, 0) is 4.79 Å². The Kier molecular flexibility index (Phi) is 6.21. The van der Waals surface area contributed by atoms with Gasteiger partial charge in [-0.05, 0) is 32.2 Å². The van der Waals surface area contributed by atoms with Gasteiger partial charge in [0.15, 0.2) is 0 Å². The summed E-state index contributed by atoms with van der Waals surface area (Å²) in [5, 5.41) is 0. The first kappa shape index (κ1) is 13.8. The Labute approximate surface area is 103 Å². The molecule has 2 N–H and O–H groups in total. The van der Waals surface area contributed by atoms with E-state index >= 15 is 0 Å². The van der Waals surface area contributed by atoms with Crippen molar-refractivity contribution >= 4 is 17.7 Å². The zero-order valence-electron chi connectivity index (χ0n) is 10.4. The minimum atomic E-state index is 0.330. The summed E-state index contributed by atoms with van der Waals surface area (Å²) in [4.78, 5) is 14.0. The van der Waals surface area contributed by atoms with Gasteiger partial charge in [-0.1, -0.05) is 6.92 Å². The number of nitrogens with two attached hydrogens (primary N) is 1. The summed E-state index contributed by atoms with van der Waals surface area (Å²) in [5.74, 6) is 3.08. The van der Waals surface area contributed by atoms with Gasteiger partial charge in [0.25, 0.3) is 0 Å². The second-order valence-electron chi connectivity index (χ2n) is 4.73. The Morgan fingerprint density at radius 1 is 1.56 bits per heavy atom. The zero-order valence-corrected chi connectivity index (χ0v) is 11.3. The molecule has 0 saturated carbocycles. The molecule has 0 aliphatic carbocycles. The second kappa shape index (κ2) is 7.17. The average molecular weight is 244 g/mol. The maximum Gasteiger partial charge on any atom is 0.222 e. The molecule has 16 heavy (non-hydrogen) atoms.